The molecule has 0 aromatic carbocycles. The molecule has 0 bridgehead atoms. The van der Waals surface area contributed by atoms with Crippen LogP contribution in [-0.4, -0.2) is 81.6 Å². The molecule has 0 aliphatic carbocycles. The topological polar surface area (TPSA) is 103 Å². The van der Waals surface area contributed by atoms with Crippen molar-refractivity contribution in [2.45, 2.75) is 31.1 Å². The predicted octanol–water partition coefficient (Wildman–Crippen LogP) is 0.469. The van der Waals surface area contributed by atoms with Gasteiger partial charge < -0.3 is 24.7 Å². The van der Waals surface area contributed by atoms with Crippen LogP contribution >= 0.6 is 31.8 Å². The highest BCUT2D eigenvalue weighted by Gasteiger charge is 2.20. The van der Waals surface area contributed by atoms with E-state index in [-0.39, 0.29) is 37.5 Å². The summed E-state index contributed by atoms with van der Waals surface area (Å²) in [5, 5.41) is 27.1. The van der Waals surface area contributed by atoms with E-state index < -0.39 is 20.9 Å². The van der Waals surface area contributed by atoms with Gasteiger partial charge in [-0.2, -0.15) is 0 Å². The van der Waals surface area contributed by atoms with Crippen molar-refractivity contribution in [2.75, 3.05) is 38.8 Å². The Bertz CT molecular complexity index is 251. The molecule has 0 aromatic heterocycles. The van der Waals surface area contributed by atoms with Gasteiger partial charge in [-0.05, 0) is 13.3 Å². The summed E-state index contributed by atoms with van der Waals surface area (Å²) in [7, 11) is -2.18. The molecule has 0 saturated carbocycles. The van der Waals surface area contributed by atoms with Crippen LogP contribution in [0.2, 0.25) is 0 Å². The third-order valence-corrected chi connectivity index (χ3v) is 4.32. The van der Waals surface area contributed by atoms with Gasteiger partial charge in [0.15, 0.2) is 0 Å². The molecule has 0 heterocycles. The number of halogens is 2. The second-order valence-electron chi connectivity index (χ2n) is 4.36. The number of alkyl halides is 2. The lowest BCUT2D eigenvalue weighted by Gasteiger charge is -2.28. The number of hydrogen-bond acceptors (Lipinski definition) is 7. The average Bonchev–Trinajstić information content (AvgIpc) is 2.44. The highest BCUT2D eigenvalue weighted by molar-refractivity contribution is 7.40. The quantitative estimate of drug-likeness (QED) is 0.213. The number of aliphatic hydroxyl groups excluding tert-OH is 3. The van der Waals surface area contributed by atoms with Crippen molar-refractivity contribution in [3.8, 4) is 0 Å². The van der Waals surface area contributed by atoms with Crippen LogP contribution in [0.15, 0.2) is 0 Å². The van der Waals surface area contributed by atoms with E-state index in [9.17, 15) is 10.00 Å². The van der Waals surface area contributed by atoms with Crippen LogP contribution in [-0.2, 0) is 9.05 Å². The summed E-state index contributed by atoms with van der Waals surface area (Å²) in [4.78, 5) is 11.3. The minimum absolute atomic E-state index is 0.0911. The Morgan fingerprint density at radius 3 is 2.29 bits per heavy atom. The van der Waals surface area contributed by atoms with Gasteiger partial charge in [-0.3, -0.25) is 9.42 Å². The van der Waals surface area contributed by atoms with E-state index >= 15 is 0 Å². The first-order valence-corrected chi connectivity index (χ1v) is 8.67. The fourth-order valence-corrected chi connectivity index (χ4v) is 2.62. The van der Waals surface area contributed by atoms with Crippen LogP contribution in [0.4, 0.5) is 0 Å². The van der Waals surface area contributed by atoms with E-state index in [4.69, 9.17) is 42.5 Å². The fourth-order valence-electron chi connectivity index (χ4n) is 1.54. The molecule has 7 nitrogen and oxygen atoms in total. The average molecular weight is 368 g/mol. The van der Waals surface area contributed by atoms with Crippen molar-refractivity contribution < 1.29 is 29.3 Å². The molecule has 0 saturated heterocycles. The minimum Gasteiger partial charge on any atom is -0.395 e. The first-order chi connectivity index (χ1) is 9.94. The van der Waals surface area contributed by atoms with Gasteiger partial charge in [0.25, 0.3) is 0 Å². The molecule has 4 unspecified atom stereocenters. The molecule has 0 spiro atoms. The summed E-state index contributed by atoms with van der Waals surface area (Å²) in [5.74, 6) is 0.220. The van der Waals surface area contributed by atoms with Gasteiger partial charge in [0.1, 0.15) is 6.23 Å². The normalized spacial score (nSPS) is 17.7. The minimum atomic E-state index is -2.18. The SMILES string of the molecule is CC(OP(O)OCC(O)CC(Cl)CCl)N(CCO)CCO. The monoisotopic (exact) mass is 367 g/mol. The maximum Gasteiger partial charge on any atom is 0.331 e. The van der Waals surface area contributed by atoms with Gasteiger partial charge in [-0.25, -0.2) is 0 Å². The standard InChI is InChI=1S/C11H24Cl2NO6P/c1-9(14(2-4-15)3-5-16)20-21(18)19-8-11(17)6-10(13)7-12/h9-11,15-18H,2-8H2,1H3. The molecule has 0 amide bonds. The zero-order valence-electron chi connectivity index (χ0n) is 11.9. The highest BCUT2D eigenvalue weighted by atomic mass is 35.5. The second kappa shape index (κ2) is 13.2. The number of nitrogens with zero attached hydrogens (tertiary/aromatic N) is 1. The van der Waals surface area contributed by atoms with Gasteiger partial charge in [0.2, 0.25) is 0 Å². The highest BCUT2D eigenvalue weighted by Crippen LogP contribution is 2.35. The summed E-state index contributed by atoms with van der Waals surface area (Å²) in [6, 6.07) is 0. The Morgan fingerprint density at radius 1 is 1.24 bits per heavy atom. The van der Waals surface area contributed by atoms with Crippen LogP contribution < -0.4 is 0 Å². The van der Waals surface area contributed by atoms with Crippen LogP contribution in [0, 0.1) is 0 Å². The van der Waals surface area contributed by atoms with Crippen LogP contribution in [0.3, 0.4) is 0 Å². The maximum atomic E-state index is 9.64. The van der Waals surface area contributed by atoms with E-state index in [1.54, 1.807) is 11.8 Å². The maximum absolute atomic E-state index is 9.64. The third kappa shape index (κ3) is 11.0. The first kappa shape index (κ1) is 21.7. The van der Waals surface area contributed by atoms with Crippen molar-refractivity contribution in [2.24, 2.45) is 0 Å². The summed E-state index contributed by atoms with van der Waals surface area (Å²) in [6.07, 6.45) is -1.13. The number of hydrogen-bond donors (Lipinski definition) is 4. The molecule has 0 aromatic rings. The van der Waals surface area contributed by atoms with Crippen molar-refractivity contribution in [3.05, 3.63) is 0 Å². The van der Waals surface area contributed by atoms with Crippen LogP contribution in [0.25, 0.3) is 0 Å². The molecule has 0 rings (SSSR count). The van der Waals surface area contributed by atoms with Crippen LogP contribution in [0.5, 0.6) is 0 Å². The zero-order valence-corrected chi connectivity index (χ0v) is 14.3. The summed E-state index contributed by atoms with van der Waals surface area (Å²) in [6.45, 7) is 1.97. The zero-order chi connectivity index (χ0) is 16.3. The largest absolute Gasteiger partial charge is 0.395 e. The number of aliphatic hydroxyl groups is 3. The summed E-state index contributed by atoms with van der Waals surface area (Å²) >= 11 is 11.3. The summed E-state index contributed by atoms with van der Waals surface area (Å²) in [5.41, 5.74) is 0. The molecule has 4 N–H and O–H groups in total. The Kier molecular flexibility index (Phi) is 13.7. The lowest BCUT2D eigenvalue weighted by molar-refractivity contribution is -0.000960. The lowest BCUT2D eigenvalue weighted by Crippen LogP contribution is -2.38. The van der Waals surface area contributed by atoms with Crippen molar-refractivity contribution >= 4 is 31.8 Å². The van der Waals surface area contributed by atoms with E-state index in [0.29, 0.717) is 13.1 Å². The van der Waals surface area contributed by atoms with Crippen molar-refractivity contribution in [3.63, 3.8) is 0 Å². The lowest BCUT2D eigenvalue weighted by atomic mass is 10.2. The molecule has 0 fully saturated rings. The second-order valence-corrected chi connectivity index (χ2v) is 6.23. The third-order valence-electron chi connectivity index (χ3n) is 2.60. The van der Waals surface area contributed by atoms with Gasteiger partial charge in [-0.15, -0.1) is 23.2 Å². The molecular formula is C11H24Cl2NO6P. The molecule has 21 heavy (non-hydrogen) atoms. The Labute approximate surface area is 136 Å². The summed E-state index contributed by atoms with van der Waals surface area (Å²) < 4.78 is 10.3. The first-order valence-electron chi connectivity index (χ1n) is 6.57. The van der Waals surface area contributed by atoms with E-state index in [0.717, 1.165) is 0 Å². The van der Waals surface area contributed by atoms with Gasteiger partial charge in [0, 0.05) is 24.3 Å². The molecule has 128 valence electrons. The van der Waals surface area contributed by atoms with E-state index in [1.807, 2.05) is 0 Å². The number of rotatable bonds is 13. The van der Waals surface area contributed by atoms with Gasteiger partial charge >= 0.3 is 8.60 Å². The Balaban J connectivity index is 4.02. The van der Waals surface area contributed by atoms with E-state index in [2.05, 4.69) is 0 Å². The van der Waals surface area contributed by atoms with E-state index in [1.165, 1.54) is 0 Å². The fraction of sp³-hybridized carbons (Fsp3) is 1.00. The Morgan fingerprint density at radius 2 is 1.81 bits per heavy atom. The van der Waals surface area contributed by atoms with Crippen molar-refractivity contribution in [1.29, 1.82) is 0 Å². The molecule has 0 aliphatic heterocycles. The van der Waals surface area contributed by atoms with Crippen molar-refractivity contribution in [1.82, 2.24) is 4.90 Å². The molecule has 0 radical (unpaired) electrons. The van der Waals surface area contributed by atoms with Gasteiger partial charge in [0.05, 0.1) is 25.9 Å². The molecule has 0 aliphatic rings. The predicted molar refractivity (Wildman–Crippen MR) is 82.4 cm³/mol. The molecule has 10 heteroatoms. The van der Waals surface area contributed by atoms with Gasteiger partial charge in [-0.1, -0.05) is 0 Å². The molecular weight excluding hydrogens is 344 g/mol. The Hall–Kier alpha value is 0.730. The van der Waals surface area contributed by atoms with Crippen LogP contribution in [0.1, 0.15) is 13.3 Å². The molecule has 4 atom stereocenters. The smallest absolute Gasteiger partial charge is 0.331 e.